The van der Waals surface area contributed by atoms with Crippen LogP contribution in [-0.2, 0) is 14.3 Å². The van der Waals surface area contributed by atoms with Gasteiger partial charge in [-0.05, 0) is 12.1 Å². The summed E-state index contributed by atoms with van der Waals surface area (Å²) in [6.07, 6.45) is -12.1. The van der Waals surface area contributed by atoms with Gasteiger partial charge in [-0.2, -0.15) is 0 Å². The summed E-state index contributed by atoms with van der Waals surface area (Å²) in [6.45, 7) is -0.143. The number of halogens is 2. The van der Waals surface area contributed by atoms with E-state index in [2.05, 4.69) is 5.32 Å². The number of nitrogens with one attached hydrogen (secondary N) is 1. The van der Waals surface area contributed by atoms with Crippen molar-refractivity contribution in [3.05, 3.63) is 52.0 Å². The molecule has 6 N–H and O–H groups in total. The van der Waals surface area contributed by atoms with Crippen LogP contribution in [0.2, 0.25) is 10.0 Å². The van der Waals surface area contributed by atoms with E-state index in [9.17, 15) is 30.0 Å². The molecule has 0 aliphatic carbocycles. The number of carbonyl (C=O) groups is 2. The second-order valence-electron chi connectivity index (χ2n) is 8.33. The lowest BCUT2D eigenvalue weighted by Crippen LogP contribution is -2.61. The minimum absolute atomic E-state index is 0.127. The summed E-state index contributed by atoms with van der Waals surface area (Å²) >= 11 is 12.7. The number of aliphatic hydroxyl groups excluding tert-OH is 4. The Morgan fingerprint density at radius 3 is 2.33 bits per heavy atom. The molecule has 2 aliphatic rings. The van der Waals surface area contributed by atoms with E-state index in [-0.39, 0.29) is 13.0 Å². The van der Waals surface area contributed by atoms with Crippen molar-refractivity contribution in [2.45, 2.75) is 49.3 Å². The Kier molecular flexibility index (Phi) is 7.90. The maximum absolute atomic E-state index is 12.3. The smallest absolute Gasteiger partial charge is 0.409 e. The Morgan fingerprint density at radius 1 is 1.00 bits per heavy atom. The van der Waals surface area contributed by atoms with Crippen molar-refractivity contribution in [2.24, 2.45) is 0 Å². The van der Waals surface area contributed by atoms with Gasteiger partial charge in [0.25, 0.3) is 0 Å². The lowest BCUT2D eigenvalue weighted by atomic mass is 9.93. The molecule has 0 radical (unpaired) electrons. The fraction of sp³-hybridized carbons (Fsp3) is 0.391. The van der Waals surface area contributed by atoms with E-state index in [1.54, 1.807) is 36.4 Å². The molecule has 0 saturated carbocycles. The van der Waals surface area contributed by atoms with E-state index in [4.69, 9.17) is 42.5 Å². The largest absolute Gasteiger partial charge is 0.487 e. The van der Waals surface area contributed by atoms with Gasteiger partial charge in [0.2, 0.25) is 6.29 Å². The molecule has 6 unspecified atom stereocenters. The van der Waals surface area contributed by atoms with Crippen molar-refractivity contribution in [3.8, 4) is 16.9 Å². The molecule has 1 fully saturated rings. The fourth-order valence-corrected chi connectivity index (χ4v) is 4.71. The van der Waals surface area contributed by atoms with Crippen LogP contribution < -0.4 is 10.1 Å². The SMILES string of the molecule is O=C(NC[C@H]1CC(O)c2cccc(-c3c(Cl)cccc3Cl)c2O1)OC1OC(C(=O)O)C(O)C(O)C1O. The summed E-state index contributed by atoms with van der Waals surface area (Å²) < 4.78 is 15.9. The van der Waals surface area contributed by atoms with Crippen LogP contribution in [0.15, 0.2) is 36.4 Å². The number of hydrogen-bond donors (Lipinski definition) is 6. The molecule has 2 aromatic rings. The van der Waals surface area contributed by atoms with Gasteiger partial charge in [0.05, 0.1) is 22.7 Å². The van der Waals surface area contributed by atoms with Gasteiger partial charge in [-0.1, -0.05) is 47.5 Å². The van der Waals surface area contributed by atoms with Crippen LogP contribution >= 0.6 is 23.2 Å². The van der Waals surface area contributed by atoms with Crippen LogP contribution in [0.4, 0.5) is 4.79 Å². The Hall–Kier alpha value is -2.64. The van der Waals surface area contributed by atoms with Crippen LogP contribution in [0.1, 0.15) is 18.1 Å². The van der Waals surface area contributed by atoms with Crippen LogP contribution in [0.3, 0.4) is 0 Å². The van der Waals surface area contributed by atoms with Gasteiger partial charge in [-0.15, -0.1) is 0 Å². The zero-order chi connectivity index (χ0) is 26.1. The van der Waals surface area contributed by atoms with Gasteiger partial charge in [0, 0.05) is 23.1 Å². The van der Waals surface area contributed by atoms with Gasteiger partial charge >= 0.3 is 12.1 Å². The number of alkyl carbamates (subject to hydrolysis) is 1. The van der Waals surface area contributed by atoms with Gasteiger partial charge in [0.1, 0.15) is 30.2 Å². The quantitative estimate of drug-likeness (QED) is 0.323. The van der Waals surface area contributed by atoms with Crippen LogP contribution in [0.25, 0.3) is 11.1 Å². The topological polar surface area (TPSA) is 175 Å². The highest BCUT2D eigenvalue weighted by Gasteiger charge is 2.48. The van der Waals surface area contributed by atoms with E-state index in [0.29, 0.717) is 32.5 Å². The normalized spacial score (nSPS) is 29.6. The number of para-hydroxylation sites is 1. The third kappa shape index (κ3) is 5.23. The first-order valence-electron chi connectivity index (χ1n) is 10.9. The summed E-state index contributed by atoms with van der Waals surface area (Å²) in [5, 5.41) is 52.5. The highest BCUT2D eigenvalue weighted by atomic mass is 35.5. The van der Waals surface area contributed by atoms with E-state index >= 15 is 0 Å². The van der Waals surface area contributed by atoms with Crippen molar-refractivity contribution >= 4 is 35.3 Å². The number of aliphatic hydroxyl groups is 4. The Balaban J connectivity index is 1.44. The molecule has 11 nitrogen and oxygen atoms in total. The third-order valence-electron chi connectivity index (χ3n) is 5.92. The molecule has 2 aromatic carbocycles. The first kappa shape index (κ1) is 26.4. The summed E-state index contributed by atoms with van der Waals surface area (Å²) in [7, 11) is 0. The molecule has 194 valence electrons. The lowest BCUT2D eigenvalue weighted by molar-refractivity contribution is -0.278. The molecular formula is C23H23Cl2NO10. The summed E-state index contributed by atoms with van der Waals surface area (Å²) in [5.41, 5.74) is 1.60. The number of carbonyl (C=O) groups excluding carboxylic acids is 1. The molecule has 0 spiro atoms. The highest BCUT2D eigenvalue weighted by molar-refractivity contribution is 6.39. The lowest BCUT2D eigenvalue weighted by Gasteiger charge is -2.38. The number of ether oxygens (including phenoxy) is 3. The van der Waals surface area contributed by atoms with E-state index in [0.717, 1.165) is 0 Å². The van der Waals surface area contributed by atoms with Crippen molar-refractivity contribution < 1.29 is 49.3 Å². The minimum atomic E-state index is -1.92. The first-order valence-corrected chi connectivity index (χ1v) is 11.6. The first-order chi connectivity index (χ1) is 17.1. The maximum Gasteiger partial charge on any atom is 0.409 e. The van der Waals surface area contributed by atoms with Crippen molar-refractivity contribution in [3.63, 3.8) is 0 Å². The fourth-order valence-electron chi connectivity index (χ4n) is 4.11. The van der Waals surface area contributed by atoms with E-state index in [1.165, 1.54) is 0 Å². The Labute approximate surface area is 214 Å². The van der Waals surface area contributed by atoms with Crippen molar-refractivity contribution in [2.75, 3.05) is 6.54 Å². The van der Waals surface area contributed by atoms with E-state index < -0.39 is 55.0 Å². The maximum atomic E-state index is 12.3. The van der Waals surface area contributed by atoms with Crippen molar-refractivity contribution in [1.82, 2.24) is 5.32 Å². The molecular weight excluding hydrogens is 521 g/mol. The summed E-state index contributed by atoms with van der Waals surface area (Å²) in [4.78, 5) is 23.5. The number of amides is 1. The summed E-state index contributed by atoms with van der Waals surface area (Å²) in [6, 6.07) is 10.2. The zero-order valence-corrected chi connectivity index (χ0v) is 20.0. The summed E-state index contributed by atoms with van der Waals surface area (Å²) in [5.74, 6) is -1.26. The average Bonchev–Trinajstić information content (AvgIpc) is 2.83. The number of hydrogen-bond acceptors (Lipinski definition) is 9. The van der Waals surface area contributed by atoms with Crippen molar-refractivity contribution in [1.29, 1.82) is 0 Å². The Bertz CT molecular complexity index is 1130. The van der Waals surface area contributed by atoms with Gasteiger partial charge in [-0.25, -0.2) is 9.59 Å². The van der Waals surface area contributed by atoms with Crippen LogP contribution in [-0.4, -0.2) is 80.9 Å². The molecule has 2 heterocycles. The van der Waals surface area contributed by atoms with Crippen LogP contribution in [0.5, 0.6) is 5.75 Å². The molecule has 4 rings (SSSR count). The molecule has 1 amide bonds. The second kappa shape index (κ2) is 10.8. The molecule has 36 heavy (non-hydrogen) atoms. The number of carboxylic acids is 1. The minimum Gasteiger partial charge on any atom is -0.487 e. The molecule has 7 atom stereocenters. The van der Waals surface area contributed by atoms with Crippen LogP contribution in [0, 0.1) is 0 Å². The molecule has 0 bridgehead atoms. The monoisotopic (exact) mass is 543 g/mol. The third-order valence-corrected chi connectivity index (χ3v) is 6.55. The Morgan fingerprint density at radius 2 is 1.67 bits per heavy atom. The molecule has 2 aliphatic heterocycles. The second-order valence-corrected chi connectivity index (χ2v) is 9.15. The van der Waals surface area contributed by atoms with Gasteiger partial charge < -0.3 is 45.1 Å². The standard InChI is InChI=1S/C23H23Cl2NO10/c24-12-5-2-6-13(25)15(12)11-4-1-3-10-14(27)7-9(34-19(10)11)8-26-23(33)36-22-18(30)16(28)17(29)20(35-22)21(31)32/h1-6,9,14,16-18,20,22,27-30H,7-8H2,(H,26,33)(H,31,32)/t9-,14?,16?,17?,18?,20?,22?/m1/s1. The molecule has 13 heteroatoms. The number of carboxylic acid groups (broad SMARTS) is 1. The number of aliphatic carboxylic acids is 1. The molecule has 0 aromatic heterocycles. The number of benzene rings is 2. The number of rotatable bonds is 5. The molecule has 1 saturated heterocycles. The predicted molar refractivity (Wildman–Crippen MR) is 125 cm³/mol. The average molecular weight is 544 g/mol. The van der Waals surface area contributed by atoms with E-state index in [1.807, 2.05) is 0 Å². The number of fused-ring (bicyclic) bond motifs is 1. The predicted octanol–water partition coefficient (Wildman–Crippen LogP) is 1.46. The highest BCUT2D eigenvalue weighted by Crippen LogP contribution is 2.45. The van der Waals surface area contributed by atoms with Gasteiger partial charge in [0.15, 0.2) is 6.10 Å². The van der Waals surface area contributed by atoms with Gasteiger partial charge in [-0.3, -0.25) is 0 Å². The zero-order valence-electron chi connectivity index (χ0n) is 18.5.